The summed E-state index contributed by atoms with van der Waals surface area (Å²) in [6, 6.07) is 14.4. The molecule has 1 N–H and O–H groups in total. The average molecular weight is 279 g/mol. The van der Waals surface area contributed by atoms with E-state index in [2.05, 4.69) is 0 Å². The van der Waals surface area contributed by atoms with Crippen LogP contribution in [-0.4, -0.2) is 18.8 Å². The van der Waals surface area contributed by atoms with Crippen LogP contribution in [-0.2, 0) is 0 Å². The highest BCUT2D eigenvalue weighted by Crippen LogP contribution is 2.25. The summed E-state index contributed by atoms with van der Waals surface area (Å²) in [6.45, 7) is 0.136. The number of aliphatic hydroxyl groups excluding tert-OH is 1. The predicted octanol–water partition coefficient (Wildman–Crippen LogP) is 3.46. The molecule has 2 aromatic carbocycles. The van der Waals surface area contributed by atoms with E-state index in [0.717, 1.165) is 5.56 Å². The lowest BCUT2D eigenvalue weighted by molar-refractivity contribution is 0.108. The van der Waals surface area contributed by atoms with Crippen LogP contribution >= 0.6 is 11.6 Å². The molecule has 3 nitrogen and oxygen atoms in total. The normalized spacial score (nSPS) is 11.9. The van der Waals surface area contributed by atoms with E-state index in [1.807, 2.05) is 30.3 Å². The van der Waals surface area contributed by atoms with Crippen molar-refractivity contribution in [1.82, 2.24) is 0 Å². The Kier molecular flexibility index (Phi) is 4.66. The summed E-state index contributed by atoms with van der Waals surface area (Å²) in [4.78, 5) is 0. The van der Waals surface area contributed by atoms with Crippen molar-refractivity contribution in [1.29, 1.82) is 0 Å². The minimum Gasteiger partial charge on any atom is -0.497 e. The molecule has 0 radical (unpaired) electrons. The number of methoxy groups -OCH3 is 1. The first-order valence-corrected chi connectivity index (χ1v) is 6.28. The second-order valence-corrected chi connectivity index (χ2v) is 4.44. The zero-order chi connectivity index (χ0) is 13.7. The van der Waals surface area contributed by atoms with Crippen molar-refractivity contribution >= 4 is 11.6 Å². The standard InChI is InChI=1S/C15H15ClO3/c1-18-12-6-4-5-11(9-12)14(17)10-19-15-8-3-2-7-13(15)16/h2-9,14,17H,10H2,1H3. The Bertz CT molecular complexity index is 542. The lowest BCUT2D eigenvalue weighted by atomic mass is 10.1. The molecule has 0 heterocycles. The first kappa shape index (κ1) is 13.7. The Hall–Kier alpha value is -1.71. The molecule has 2 aromatic rings. The predicted molar refractivity (Wildman–Crippen MR) is 74.9 cm³/mol. The fraction of sp³-hybridized carbons (Fsp3) is 0.200. The molecule has 0 fully saturated rings. The Balaban J connectivity index is 2.01. The van der Waals surface area contributed by atoms with Crippen LogP contribution in [0.15, 0.2) is 48.5 Å². The first-order valence-electron chi connectivity index (χ1n) is 5.90. The molecule has 2 rings (SSSR count). The van der Waals surface area contributed by atoms with Gasteiger partial charge in [0.1, 0.15) is 24.2 Å². The summed E-state index contributed by atoms with van der Waals surface area (Å²) < 4.78 is 10.6. The minimum atomic E-state index is -0.730. The summed E-state index contributed by atoms with van der Waals surface area (Å²) in [7, 11) is 1.59. The van der Waals surface area contributed by atoms with E-state index in [4.69, 9.17) is 21.1 Å². The van der Waals surface area contributed by atoms with Gasteiger partial charge in [0.05, 0.1) is 12.1 Å². The molecule has 0 aromatic heterocycles. The molecular weight excluding hydrogens is 264 g/mol. The smallest absolute Gasteiger partial charge is 0.138 e. The second kappa shape index (κ2) is 6.45. The van der Waals surface area contributed by atoms with Gasteiger partial charge in [-0.05, 0) is 29.8 Å². The lowest BCUT2D eigenvalue weighted by Crippen LogP contribution is -2.09. The van der Waals surface area contributed by atoms with Crippen LogP contribution in [0.1, 0.15) is 11.7 Å². The van der Waals surface area contributed by atoms with E-state index in [0.29, 0.717) is 16.5 Å². The van der Waals surface area contributed by atoms with E-state index in [9.17, 15) is 5.11 Å². The third-order valence-corrected chi connectivity index (χ3v) is 3.02. The number of para-hydroxylation sites is 1. The van der Waals surface area contributed by atoms with Gasteiger partial charge in [-0.25, -0.2) is 0 Å². The summed E-state index contributed by atoms with van der Waals surface area (Å²) in [5.41, 5.74) is 0.742. The van der Waals surface area contributed by atoms with E-state index in [1.54, 1.807) is 25.3 Å². The Morgan fingerprint density at radius 2 is 1.95 bits per heavy atom. The van der Waals surface area contributed by atoms with Gasteiger partial charge in [-0.15, -0.1) is 0 Å². The molecule has 1 atom stereocenters. The zero-order valence-corrected chi connectivity index (χ0v) is 11.3. The fourth-order valence-electron chi connectivity index (χ4n) is 1.68. The Morgan fingerprint density at radius 3 is 2.68 bits per heavy atom. The highest BCUT2D eigenvalue weighted by Gasteiger charge is 2.10. The van der Waals surface area contributed by atoms with E-state index in [1.165, 1.54) is 0 Å². The number of hydrogen-bond acceptors (Lipinski definition) is 3. The van der Waals surface area contributed by atoms with Crippen molar-refractivity contribution in [2.24, 2.45) is 0 Å². The largest absolute Gasteiger partial charge is 0.497 e. The lowest BCUT2D eigenvalue weighted by Gasteiger charge is -2.14. The highest BCUT2D eigenvalue weighted by atomic mass is 35.5. The van der Waals surface area contributed by atoms with Crippen LogP contribution in [0.5, 0.6) is 11.5 Å². The summed E-state index contributed by atoms with van der Waals surface area (Å²) in [6.07, 6.45) is -0.730. The molecular formula is C15H15ClO3. The zero-order valence-electron chi connectivity index (χ0n) is 10.5. The first-order chi connectivity index (χ1) is 9.20. The third-order valence-electron chi connectivity index (χ3n) is 2.71. The van der Waals surface area contributed by atoms with Gasteiger partial charge in [-0.3, -0.25) is 0 Å². The molecule has 1 unspecified atom stereocenters. The molecule has 19 heavy (non-hydrogen) atoms. The summed E-state index contributed by atoms with van der Waals surface area (Å²) in [5.74, 6) is 1.26. The van der Waals surface area contributed by atoms with Gasteiger partial charge in [0.15, 0.2) is 0 Å². The molecule has 0 bridgehead atoms. The van der Waals surface area contributed by atoms with Crippen molar-refractivity contribution < 1.29 is 14.6 Å². The van der Waals surface area contributed by atoms with Gasteiger partial charge < -0.3 is 14.6 Å². The number of halogens is 1. The van der Waals surface area contributed by atoms with Crippen LogP contribution in [0.2, 0.25) is 5.02 Å². The van der Waals surface area contributed by atoms with Gasteiger partial charge in [0.25, 0.3) is 0 Å². The van der Waals surface area contributed by atoms with Crippen LogP contribution in [0.3, 0.4) is 0 Å². The molecule has 0 spiro atoms. The summed E-state index contributed by atoms with van der Waals surface area (Å²) >= 11 is 5.97. The Morgan fingerprint density at radius 1 is 1.16 bits per heavy atom. The van der Waals surface area contributed by atoms with Crippen LogP contribution in [0.25, 0.3) is 0 Å². The number of hydrogen-bond donors (Lipinski definition) is 1. The number of benzene rings is 2. The van der Waals surface area contributed by atoms with Gasteiger partial charge in [0.2, 0.25) is 0 Å². The number of ether oxygens (including phenoxy) is 2. The maximum atomic E-state index is 10.1. The molecule has 0 amide bonds. The SMILES string of the molecule is COc1cccc(C(O)COc2ccccc2Cl)c1. The van der Waals surface area contributed by atoms with Gasteiger partial charge in [0, 0.05) is 0 Å². The quantitative estimate of drug-likeness (QED) is 0.910. The summed E-state index contributed by atoms with van der Waals surface area (Å²) in [5, 5.41) is 10.6. The molecule has 0 saturated carbocycles. The molecule has 0 saturated heterocycles. The average Bonchev–Trinajstić information content (AvgIpc) is 2.46. The van der Waals surface area contributed by atoms with Crippen molar-refractivity contribution in [3.8, 4) is 11.5 Å². The molecule has 4 heteroatoms. The second-order valence-electron chi connectivity index (χ2n) is 4.03. The number of rotatable bonds is 5. The van der Waals surface area contributed by atoms with Crippen LogP contribution in [0, 0.1) is 0 Å². The van der Waals surface area contributed by atoms with E-state index in [-0.39, 0.29) is 6.61 Å². The topological polar surface area (TPSA) is 38.7 Å². The molecule has 0 aliphatic rings. The maximum absolute atomic E-state index is 10.1. The molecule has 100 valence electrons. The molecule has 0 aliphatic heterocycles. The fourth-order valence-corrected chi connectivity index (χ4v) is 1.87. The van der Waals surface area contributed by atoms with Gasteiger partial charge in [-0.1, -0.05) is 35.9 Å². The van der Waals surface area contributed by atoms with Crippen LogP contribution in [0.4, 0.5) is 0 Å². The van der Waals surface area contributed by atoms with Crippen LogP contribution < -0.4 is 9.47 Å². The van der Waals surface area contributed by atoms with E-state index < -0.39 is 6.10 Å². The minimum absolute atomic E-state index is 0.136. The highest BCUT2D eigenvalue weighted by molar-refractivity contribution is 6.32. The van der Waals surface area contributed by atoms with Gasteiger partial charge in [-0.2, -0.15) is 0 Å². The third kappa shape index (κ3) is 3.63. The molecule has 0 aliphatic carbocycles. The monoisotopic (exact) mass is 278 g/mol. The maximum Gasteiger partial charge on any atom is 0.138 e. The van der Waals surface area contributed by atoms with Crippen molar-refractivity contribution in [2.45, 2.75) is 6.10 Å². The van der Waals surface area contributed by atoms with E-state index >= 15 is 0 Å². The Labute approximate surface area is 117 Å². The number of aliphatic hydroxyl groups is 1. The van der Waals surface area contributed by atoms with Gasteiger partial charge >= 0.3 is 0 Å². The van der Waals surface area contributed by atoms with Crippen molar-refractivity contribution in [2.75, 3.05) is 13.7 Å². The van der Waals surface area contributed by atoms with Crippen molar-refractivity contribution in [3.63, 3.8) is 0 Å². The van der Waals surface area contributed by atoms with Crippen molar-refractivity contribution in [3.05, 3.63) is 59.1 Å².